The van der Waals surface area contributed by atoms with Crippen molar-refractivity contribution in [2.45, 2.75) is 13.0 Å². The zero-order valence-electron chi connectivity index (χ0n) is 10.7. The molecule has 0 radical (unpaired) electrons. The fraction of sp³-hybridized carbons (Fsp3) is 0.143. The van der Waals surface area contributed by atoms with Crippen LogP contribution in [0.25, 0.3) is 0 Å². The van der Waals surface area contributed by atoms with Gasteiger partial charge in [-0.2, -0.15) is 0 Å². The molecule has 3 rings (SSSR count). The summed E-state index contributed by atoms with van der Waals surface area (Å²) in [6.45, 7) is 1.57. The van der Waals surface area contributed by atoms with Gasteiger partial charge in [-0.05, 0) is 25.1 Å². The second-order valence-corrected chi connectivity index (χ2v) is 6.28. The third-order valence-electron chi connectivity index (χ3n) is 3.08. The van der Waals surface area contributed by atoms with Gasteiger partial charge in [-0.3, -0.25) is 4.79 Å². The molecule has 0 spiro atoms. The van der Waals surface area contributed by atoms with Crippen LogP contribution in [-0.2, 0) is 4.79 Å². The van der Waals surface area contributed by atoms with E-state index in [2.05, 4.69) is 31.5 Å². The molecule has 0 bridgehead atoms. The van der Waals surface area contributed by atoms with Gasteiger partial charge in [0, 0.05) is 27.8 Å². The lowest BCUT2D eigenvalue weighted by atomic mass is 10.1. The summed E-state index contributed by atoms with van der Waals surface area (Å²) in [5, 5.41) is 9.37. The third-order valence-corrected chi connectivity index (χ3v) is 4.41. The number of nitrogens with one attached hydrogen (secondary N) is 2. The van der Waals surface area contributed by atoms with E-state index in [0.29, 0.717) is 5.57 Å². The number of fused-ring (bicyclic) bond motifs is 1. The van der Waals surface area contributed by atoms with E-state index in [0.717, 1.165) is 20.9 Å². The van der Waals surface area contributed by atoms with Crippen LogP contribution < -0.4 is 10.6 Å². The largest absolute Gasteiger partial charge is 0.370 e. The van der Waals surface area contributed by atoms with Crippen molar-refractivity contribution in [2.75, 3.05) is 10.6 Å². The number of Topliss-reactive ketones (excluding diaryl/α,β-unsaturated/α-hetero) is 1. The second-order valence-electron chi connectivity index (χ2n) is 4.44. The molecule has 2 N–H and O–H groups in total. The van der Waals surface area contributed by atoms with Gasteiger partial charge >= 0.3 is 0 Å². The molecule has 0 saturated carbocycles. The summed E-state index contributed by atoms with van der Waals surface area (Å²) in [5.41, 5.74) is 2.55. The predicted octanol–water partition coefficient (Wildman–Crippen LogP) is 3.96. The van der Waals surface area contributed by atoms with Crippen LogP contribution >= 0.6 is 27.3 Å². The molecule has 1 unspecified atom stereocenters. The van der Waals surface area contributed by atoms with E-state index in [4.69, 9.17) is 0 Å². The molecule has 1 aromatic carbocycles. The van der Waals surface area contributed by atoms with Crippen molar-refractivity contribution in [3.63, 3.8) is 0 Å². The van der Waals surface area contributed by atoms with Crippen LogP contribution in [0.2, 0.25) is 0 Å². The van der Waals surface area contributed by atoms with Crippen LogP contribution in [0.4, 0.5) is 11.4 Å². The van der Waals surface area contributed by atoms with E-state index in [-0.39, 0.29) is 11.8 Å². The van der Waals surface area contributed by atoms with Crippen LogP contribution in [-0.4, -0.2) is 10.8 Å². The molecule has 102 valence electrons. The minimum Gasteiger partial charge on any atom is -0.370 e. The highest BCUT2D eigenvalue weighted by Crippen LogP contribution is 2.36. The van der Waals surface area contributed by atoms with E-state index in [1.54, 1.807) is 19.3 Å². The van der Waals surface area contributed by atoms with Crippen molar-refractivity contribution in [3.8, 4) is 0 Å². The fourth-order valence-corrected chi connectivity index (χ4v) is 3.18. The number of hydrogen-bond donors (Lipinski definition) is 2. The Morgan fingerprint density at radius 3 is 2.95 bits per heavy atom. The number of aromatic nitrogens is 1. The highest BCUT2D eigenvalue weighted by atomic mass is 79.9. The summed E-state index contributed by atoms with van der Waals surface area (Å²) in [5.74, 6) is 0.0251. The molecule has 0 saturated heterocycles. The summed E-state index contributed by atoms with van der Waals surface area (Å²) < 4.78 is 0.981. The van der Waals surface area contributed by atoms with Crippen molar-refractivity contribution >= 4 is 44.4 Å². The number of rotatable bonds is 2. The van der Waals surface area contributed by atoms with Gasteiger partial charge in [0.15, 0.2) is 5.78 Å². The Balaban J connectivity index is 2.07. The summed E-state index contributed by atoms with van der Waals surface area (Å²) in [4.78, 5) is 16.2. The van der Waals surface area contributed by atoms with Crippen LogP contribution in [0, 0.1) is 0 Å². The fourth-order valence-electron chi connectivity index (χ4n) is 2.11. The van der Waals surface area contributed by atoms with Gasteiger partial charge in [0.1, 0.15) is 11.0 Å². The second kappa shape index (κ2) is 5.38. The van der Waals surface area contributed by atoms with Crippen molar-refractivity contribution in [3.05, 3.63) is 51.0 Å². The van der Waals surface area contributed by atoms with E-state index in [1.807, 2.05) is 23.6 Å². The molecule has 4 nitrogen and oxygen atoms in total. The van der Waals surface area contributed by atoms with Gasteiger partial charge in [0.2, 0.25) is 0 Å². The molecule has 2 heterocycles. The highest BCUT2D eigenvalue weighted by Gasteiger charge is 2.25. The molecule has 6 heteroatoms. The normalized spacial score (nSPS) is 17.3. The van der Waals surface area contributed by atoms with Crippen LogP contribution in [0.15, 0.2) is 46.0 Å². The van der Waals surface area contributed by atoms with E-state index in [1.165, 1.54) is 11.3 Å². The number of carbonyl (C=O) groups excluding carboxylic acids is 1. The monoisotopic (exact) mass is 349 g/mol. The zero-order valence-corrected chi connectivity index (χ0v) is 13.1. The quantitative estimate of drug-likeness (QED) is 0.861. The maximum atomic E-state index is 11.9. The van der Waals surface area contributed by atoms with Gasteiger partial charge in [0.25, 0.3) is 0 Å². The third kappa shape index (κ3) is 2.48. The number of ketones is 1. The summed E-state index contributed by atoms with van der Waals surface area (Å²) in [6.07, 6.45) is 3.51. The van der Waals surface area contributed by atoms with Gasteiger partial charge < -0.3 is 10.6 Å². The van der Waals surface area contributed by atoms with Crippen LogP contribution in [0.3, 0.4) is 0 Å². The molecule has 2 aromatic rings. The molecule has 0 fully saturated rings. The lowest BCUT2D eigenvalue weighted by Crippen LogP contribution is -2.16. The summed E-state index contributed by atoms with van der Waals surface area (Å²) in [6, 6.07) is 5.68. The Labute approximate surface area is 129 Å². The molecule has 0 aliphatic carbocycles. The lowest BCUT2D eigenvalue weighted by molar-refractivity contribution is -0.113. The standard InChI is InChI=1S/C14H12BrN3OS/c1-8(19)10-7-17-11-3-2-9(15)6-12(11)18-13(10)14-16-4-5-20-14/h2-7,13,17-18H,1H3. The van der Waals surface area contributed by atoms with E-state index < -0.39 is 0 Å². The Kier molecular flexibility index (Phi) is 3.58. The van der Waals surface area contributed by atoms with Crippen molar-refractivity contribution in [1.29, 1.82) is 0 Å². The zero-order chi connectivity index (χ0) is 14.1. The van der Waals surface area contributed by atoms with E-state index in [9.17, 15) is 4.79 Å². The minimum absolute atomic E-state index is 0.0251. The Bertz CT molecular complexity index is 682. The van der Waals surface area contributed by atoms with Crippen molar-refractivity contribution in [2.24, 2.45) is 0 Å². The molecule has 1 aliphatic rings. The molecule has 1 aromatic heterocycles. The number of carbonyl (C=O) groups is 1. The predicted molar refractivity (Wildman–Crippen MR) is 85.0 cm³/mol. The van der Waals surface area contributed by atoms with Crippen LogP contribution in [0.1, 0.15) is 18.0 Å². The highest BCUT2D eigenvalue weighted by molar-refractivity contribution is 9.10. The summed E-state index contributed by atoms with van der Waals surface area (Å²) in [7, 11) is 0. The maximum absolute atomic E-state index is 11.9. The first kappa shape index (κ1) is 13.3. The molecule has 0 amide bonds. The Morgan fingerprint density at radius 2 is 2.25 bits per heavy atom. The average molecular weight is 350 g/mol. The Morgan fingerprint density at radius 1 is 1.40 bits per heavy atom. The average Bonchev–Trinajstić information content (AvgIpc) is 2.86. The van der Waals surface area contributed by atoms with E-state index >= 15 is 0 Å². The first-order valence-electron chi connectivity index (χ1n) is 6.08. The first-order chi connectivity index (χ1) is 9.65. The van der Waals surface area contributed by atoms with Crippen molar-refractivity contribution < 1.29 is 4.79 Å². The van der Waals surface area contributed by atoms with Crippen LogP contribution in [0.5, 0.6) is 0 Å². The number of hydrogen-bond acceptors (Lipinski definition) is 5. The molecule has 1 aliphatic heterocycles. The first-order valence-corrected chi connectivity index (χ1v) is 7.75. The minimum atomic E-state index is -0.226. The lowest BCUT2D eigenvalue weighted by Gasteiger charge is -2.18. The number of anilines is 2. The smallest absolute Gasteiger partial charge is 0.159 e. The van der Waals surface area contributed by atoms with Crippen molar-refractivity contribution in [1.82, 2.24) is 4.98 Å². The van der Waals surface area contributed by atoms with Gasteiger partial charge in [0.05, 0.1) is 11.4 Å². The number of thiazole rings is 1. The topological polar surface area (TPSA) is 54.0 Å². The van der Waals surface area contributed by atoms with Gasteiger partial charge in [-0.1, -0.05) is 15.9 Å². The Hall–Kier alpha value is -1.66. The SMILES string of the molecule is CC(=O)C1=CNc2ccc(Br)cc2NC1c1nccs1. The number of nitrogens with zero attached hydrogens (tertiary/aromatic N) is 1. The molecule has 20 heavy (non-hydrogen) atoms. The van der Waals surface area contributed by atoms with Gasteiger partial charge in [-0.15, -0.1) is 11.3 Å². The molecular weight excluding hydrogens is 338 g/mol. The van der Waals surface area contributed by atoms with Gasteiger partial charge in [-0.25, -0.2) is 4.98 Å². The molecular formula is C14H12BrN3OS. The molecule has 1 atom stereocenters. The summed E-state index contributed by atoms with van der Waals surface area (Å²) >= 11 is 5.00. The number of halogens is 1. The maximum Gasteiger partial charge on any atom is 0.159 e. The number of benzene rings is 1.